The van der Waals surface area contributed by atoms with Gasteiger partial charge in [-0.3, -0.25) is 0 Å². The second-order valence-corrected chi connectivity index (χ2v) is 8.22. The highest BCUT2D eigenvalue weighted by Crippen LogP contribution is 2.37. The lowest BCUT2D eigenvalue weighted by Gasteiger charge is -2.12. The van der Waals surface area contributed by atoms with E-state index in [1.807, 2.05) is 6.92 Å². The van der Waals surface area contributed by atoms with Crippen LogP contribution in [0, 0.1) is 0 Å². The number of sulfonamides is 1. The zero-order valence-corrected chi connectivity index (χ0v) is 13.7. The lowest BCUT2D eigenvalue weighted by molar-refractivity contribution is 0.0685. The number of carbonyl (C=O) groups is 1. The molecule has 0 bridgehead atoms. The average Bonchev–Trinajstić information content (AvgIpc) is 3.13. The molecule has 118 valence electrons. The quantitative estimate of drug-likeness (QED) is 0.759. The molecule has 1 heterocycles. The number of carboxylic acids is 1. The van der Waals surface area contributed by atoms with Gasteiger partial charge in [0.1, 0.15) is 10.6 Å². The Morgan fingerprint density at radius 1 is 1.57 bits per heavy atom. The predicted octanol–water partition coefficient (Wildman–Crippen LogP) is 1.94. The summed E-state index contributed by atoms with van der Waals surface area (Å²) in [5, 5.41) is 9.18. The largest absolute Gasteiger partial charge is 0.477 e. The third kappa shape index (κ3) is 4.02. The van der Waals surface area contributed by atoms with E-state index in [9.17, 15) is 18.3 Å². The molecule has 1 aromatic rings. The fraction of sp³-hybridized carbons (Fsp3) is 0.615. The highest BCUT2D eigenvalue weighted by molar-refractivity contribution is 7.99. The van der Waals surface area contributed by atoms with Crippen LogP contribution in [0.2, 0.25) is 0 Å². The fourth-order valence-electron chi connectivity index (χ4n) is 2.09. The van der Waals surface area contributed by atoms with Gasteiger partial charge in [-0.25, -0.2) is 17.9 Å². The smallest absolute Gasteiger partial charge is 0.352 e. The van der Waals surface area contributed by atoms with E-state index < -0.39 is 16.0 Å². The van der Waals surface area contributed by atoms with Crippen molar-refractivity contribution >= 4 is 27.8 Å². The summed E-state index contributed by atoms with van der Waals surface area (Å²) in [6, 6.07) is 1.16. The molecule has 1 aromatic heterocycles. The first-order valence-electron chi connectivity index (χ1n) is 6.90. The topological polar surface area (TPSA) is 88.4 Å². The van der Waals surface area contributed by atoms with Crippen molar-refractivity contribution in [2.75, 3.05) is 11.5 Å². The van der Waals surface area contributed by atoms with Gasteiger partial charge in [0.2, 0.25) is 10.0 Å². The first-order valence-corrected chi connectivity index (χ1v) is 9.54. The van der Waals surface area contributed by atoms with Gasteiger partial charge < -0.3 is 9.67 Å². The van der Waals surface area contributed by atoms with Crippen molar-refractivity contribution in [3.63, 3.8) is 0 Å². The SMILES string of the molecule is CCSCC(C)NS(=O)(=O)c1cc(C(=O)O)n(C2CC2)c1. The molecule has 1 unspecified atom stereocenters. The Morgan fingerprint density at radius 3 is 2.76 bits per heavy atom. The molecule has 1 aliphatic carbocycles. The molecule has 1 atom stereocenters. The molecule has 0 radical (unpaired) electrons. The minimum Gasteiger partial charge on any atom is -0.477 e. The highest BCUT2D eigenvalue weighted by Gasteiger charge is 2.30. The maximum Gasteiger partial charge on any atom is 0.352 e. The molecule has 1 aliphatic rings. The number of rotatable bonds is 8. The molecule has 8 heteroatoms. The van der Waals surface area contributed by atoms with Crippen LogP contribution >= 0.6 is 11.8 Å². The Morgan fingerprint density at radius 2 is 2.24 bits per heavy atom. The summed E-state index contributed by atoms with van der Waals surface area (Å²) in [5.41, 5.74) is 0.0356. The molecule has 6 nitrogen and oxygen atoms in total. The molecule has 21 heavy (non-hydrogen) atoms. The van der Waals surface area contributed by atoms with Crippen molar-refractivity contribution in [1.82, 2.24) is 9.29 Å². The van der Waals surface area contributed by atoms with Crippen LogP contribution in [0.1, 0.15) is 43.2 Å². The van der Waals surface area contributed by atoms with Gasteiger partial charge in [-0.2, -0.15) is 11.8 Å². The Hall–Kier alpha value is -0.990. The van der Waals surface area contributed by atoms with Crippen molar-refractivity contribution in [2.45, 2.75) is 43.7 Å². The number of thioether (sulfide) groups is 1. The van der Waals surface area contributed by atoms with Crippen LogP contribution in [0.25, 0.3) is 0 Å². The summed E-state index contributed by atoms with van der Waals surface area (Å²) in [5.74, 6) is 0.510. The number of hydrogen-bond acceptors (Lipinski definition) is 4. The minimum atomic E-state index is -3.68. The van der Waals surface area contributed by atoms with Gasteiger partial charge in [-0.05, 0) is 31.6 Å². The maximum atomic E-state index is 12.3. The summed E-state index contributed by atoms with van der Waals surface area (Å²) >= 11 is 1.65. The maximum absolute atomic E-state index is 12.3. The van der Waals surface area contributed by atoms with Gasteiger partial charge in [-0.15, -0.1) is 0 Å². The lowest BCUT2D eigenvalue weighted by Crippen LogP contribution is -2.34. The third-order valence-electron chi connectivity index (χ3n) is 3.22. The van der Waals surface area contributed by atoms with Crippen LogP contribution in [-0.4, -0.2) is 41.6 Å². The molecular formula is C13H20N2O4S2. The van der Waals surface area contributed by atoms with Crippen molar-refractivity contribution in [3.05, 3.63) is 18.0 Å². The molecular weight excluding hydrogens is 312 g/mol. The molecule has 0 spiro atoms. The first kappa shape index (κ1) is 16.4. The molecule has 1 saturated carbocycles. The first-order chi connectivity index (χ1) is 9.85. The van der Waals surface area contributed by atoms with Crippen LogP contribution in [0.4, 0.5) is 0 Å². The number of aromatic nitrogens is 1. The van der Waals surface area contributed by atoms with Crippen molar-refractivity contribution in [2.24, 2.45) is 0 Å². The Bertz CT molecular complexity index is 620. The van der Waals surface area contributed by atoms with E-state index in [2.05, 4.69) is 4.72 Å². The molecule has 2 N–H and O–H groups in total. The van der Waals surface area contributed by atoms with E-state index in [4.69, 9.17) is 0 Å². The summed E-state index contributed by atoms with van der Waals surface area (Å²) in [6.07, 6.45) is 3.22. The predicted molar refractivity (Wildman–Crippen MR) is 82.4 cm³/mol. The molecule has 0 amide bonds. The Kier molecular flexibility index (Phi) is 5.00. The van der Waals surface area contributed by atoms with E-state index in [0.717, 1.165) is 18.6 Å². The monoisotopic (exact) mass is 332 g/mol. The van der Waals surface area contributed by atoms with Crippen LogP contribution in [-0.2, 0) is 10.0 Å². The Balaban J connectivity index is 2.20. The summed E-state index contributed by atoms with van der Waals surface area (Å²) in [4.78, 5) is 11.2. The van der Waals surface area contributed by atoms with Gasteiger partial charge in [-0.1, -0.05) is 6.92 Å². The van der Waals surface area contributed by atoms with Gasteiger partial charge in [0.05, 0.1) is 0 Å². The number of hydrogen-bond donors (Lipinski definition) is 2. The zero-order valence-electron chi connectivity index (χ0n) is 12.1. The number of aromatic carboxylic acids is 1. The number of nitrogens with zero attached hydrogens (tertiary/aromatic N) is 1. The average molecular weight is 332 g/mol. The normalized spacial score (nSPS) is 16.9. The van der Waals surface area contributed by atoms with Gasteiger partial charge in [0, 0.05) is 24.0 Å². The number of nitrogens with one attached hydrogen (secondary N) is 1. The molecule has 1 fully saturated rings. The second kappa shape index (κ2) is 6.41. The summed E-state index contributed by atoms with van der Waals surface area (Å²) in [7, 11) is -3.68. The lowest BCUT2D eigenvalue weighted by atomic mass is 10.4. The van der Waals surface area contributed by atoms with E-state index in [-0.39, 0.29) is 22.7 Å². The van der Waals surface area contributed by atoms with E-state index in [1.165, 1.54) is 12.3 Å². The molecule has 2 rings (SSSR count). The summed E-state index contributed by atoms with van der Waals surface area (Å²) in [6.45, 7) is 3.82. The van der Waals surface area contributed by atoms with E-state index >= 15 is 0 Å². The second-order valence-electron chi connectivity index (χ2n) is 5.19. The standard InChI is InChI=1S/C13H20N2O4S2/c1-3-20-8-9(2)14-21(18,19)11-6-12(13(16)17)15(7-11)10-4-5-10/h6-7,9-10,14H,3-5,8H2,1-2H3,(H,16,17). The van der Waals surface area contributed by atoms with Gasteiger partial charge in [0.15, 0.2) is 0 Å². The van der Waals surface area contributed by atoms with Crippen LogP contribution in [0.5, 0.6) is 0 Å². The number of carboxylic acid groups (broad SMARTS) is 1. The Labute approximate surface area is 129 Å². The van der Waals surface area contributed by atoms with Crippen LogP contribution < -0.4 is 4.72 Å². The van der Waals surface area contributed by atoms with Crippen molar-refractivity contribution in [1.29, 1.82) is 0 Å². The summed E-state index contributed by atoms with van der Waals surface area (Å²) < 4.78 is 28.8. The van der Waals surface area contributed by atoms with Crippen LogP contribution in [0.3, 0.4) is 0 Å². The van der Waals surface area contributed by atoms with E-state index in [0.29, 0.717) is 5.75 Å². The van der Waals surface area contributed by atoms with Gasteiger partial charge in [0.25, 0.3) is 0 Å². The molecule has 0 aliphatic heterocycles. The van der Waals surface area contributed by atoms with Crippen LogP contribution in [0.15, 0.2) is 17.2 Å². The fourth-order valence-corrected chi connectivity index (χ4v) is 4.14. The van der Waals surface area contributed by atoms with Crippen molar-refractivity contribution in [3.8, 4) is 0 Å². The highest BCUT2D eigenvalue weighted by atomic mass is 32.2. The minimum absolute atomic E-state index is 0.0279. The third-order valence-corrected chi connectivity index (χ3v) is 5.92. The zero-order chi connectivity index (χ0) is 15.6. The van der Waals surface area contributed by atoms with E-state index in [1.54, 1.807) is 23.3 Å². The molecule has 0 aromatic carbocycles. The molecule has 0 saturated heterocycles. The van der Waals surface area contributed by atoms with Crippen molar-refractivity contribution < 1.29 is 18.3 Å². The van der Waals surface area contributed by atoms with Gasteiger partial charge >= 0.3 is 5.97 Å².